The van der Waals surface area contributed by atoms with Gasteiger partial charge in [-0.15, -0.1) is 0 Å². The molecule has 1 unspecified atom stereocenters. The van der Waals surface area contributed by atoms with Crippen LogP contribution in [-0.4, -0.2) is 42.8 Å². The van der Waals surface area contributed by atoms with Crippen molar-refractivity contribution in [1.29, 1.82) is 0 Å². The molecule has 0 aliphatic heterocycles. The predicted octanol–water partition coefficient (Wildman–Crippen LogP) is 1.85. The van der Waals surface area contributed by atoms with Crippen LogP contribution < -0.4 is 10.1 Å². The summed E-state index contributed by atoms with van der Waals surface area (Å²) in [6, 6.07) is 5.05. The number of aliphatic hydroxyl groups is 1. The first-order valence-electron chi connectivity index (χ1n) is 5.79. The summed E-state index contributed by atoms with van der Waals surface area (Å²) >= 11 is 0. The van der Waals surface area contributed by atoms with Gasteiger partial charge in [0, 0.05) is 7.05 Å². The van der Waals surface area contributed by atoms with Crippen molar-refractivity contribution in [1.82, 2.24) is 4.90 Å². The van der Waals surface area contributed by atoms with Gasteiger partial charge in [-0.05, 0) is 31.5 Å². The average Bonchev–Trinajstić information content (AvgIpc) is 2.37. The Morgan fingerprint density at radius 3 is 2.78 bits per heavy atom. The maximum absolute atomic E-state index is 11.9. The van der Waals surface area contributed by atoms with Gasteiger partial charge < -0.3 is 20.1 Å². The molecule has 1 aromatic rings. The normalized spacial score (nSPS) is 11.8. The number of aliphatic hydroxyl groups excluding tert-OH is 1. The maximum atomic E-state index is 11.9. The van der Waals surface area contributed by atoms with Crippen LogP contribution in [0.1, 0.15) is 12.5 Å². The summed E-state index contributed by atoms with van der Waals surface area (Å²) < 4.78 is 5.19. The van der Waals surface area contributed by atoms with E-state index < -0.39 is 0 Å². The molecule has 0 aromatic heterocycles. The Balaban J connectivity index is 2.84. The van der Waals surface area contributed by atoms with Crippen LogP contribution >= 0.6 is 0 Å². The van der Waals surface area contributed by atoms with E-state index in [-0.39, 0.29) is 18.7 Å². The topological polar surface area (TPSA) is 61.8 Å². The van der Waals surface area contributed by atoms with Gasteiger partial charge in [0.1, 0.15) is 5.75 Å². The number of urea groups is 1. The largest absolute Gasteiger partial charge is 0.495 e. The minimum Gasteiger partial charge on any atom is -0.495 e. The first-order chi connectivity index (χ1) is 8.49. The molecule has 0 spiro atoms. The van der Waals surface area contributed by atoms with Crippen molar-refractivity contribution < 1.29 is 14.6 Å². The molecule has 2 N–H and O–H groups in total. The predicted molar refractivity (Wildman–Crippen MR) is 71.1 cm³/mol. The molecule has 0 fully saturated rings. The first-order valence-corrected chi connectivity index (χ1v) is 5.79. The Morgan fingerprint density at radius 1 is 1.56 bits per heavy atom. The monoisotopic (exact) mass is 252 g/mol. The molecular formula is C13H20N2O3. The first kappa shape index (κ1) is 14.3. The number of rotatable bonds is 4. The molecular weight excluding hydrogens is 232 g/mol. The van der Waals surface area contributed by atoms with E-state index in [0.717, 1.165) is 5.56 Å². The highest BCUT2D eigenvalue weighted by Crippen LogP contribution is 2.25. The highest BCUT2D eigenvalue weighted by molar-refractivity contribution is 5.91. The summed E-state index contributed by atoms with van der Waals surface area (Å²) in [6.45, 7) is 3.64. The number of hydrogen-bond acceptors (Lipinski definition) is 3. The second-order valence-electron chi connectivity index (χ2n) is 4.28. The van der Waals surface area contributed by atoms with E-state index in [1.165, 1.54) is 4.90 Å². The Kier molecular flexibility index (Phi) is 4.97. The fraction of sp³-hybridized carbons (Fsp3) is 0.462. The number of carbonyl (C=O) groups is 1. The number of aryl methyl sites for hydroxylation is 1. The number of carbonyl (C=O) groups excluding carboxylic acids is 1. The second kappa shape index (κ2) is 6.26. The third-order valence-electron chi connectivity index (χ3n) is 2.84. The second-order valence-corrected chi connectivity index (χ2v) is 4.28. The number of ether oxygens (including phenoxy) is 1. The van der Waals surface area contributed by atoms with Crippen molar-refractivity contribution in [2.45, 2.75) is 19.9 Å². The molecule has 0 aliphatic carbocycles. The lowest BCUT2D eigenvalue weighted by Gasteiger charge is -2.24. The molecule has 0 aliphatic rings. The van der Waals surface area contributed by atoms with E-state index in [1.54, 1.807) is 27.1 Å². The van der Waals surface area contributed by atoms with Crippen LogP contribution in [-0.2, 0) is 0 Å². The number of amides is 2. The zero-order valence-electron chi connectivity index (χ0n) is 11.2. The molecule has 0 radical (unpaired) electrons. The number of likely N-dealkylation sites (N-methyl/N-ethyl adjacent to an activating group) is 1. The number of methoxy groups -OCH3 is 1. The van der Waals surface area contributed by atoms with Crippen molar-refractivity contribution in [2.24, 2.45) is 0 Å². The molecule has 0 heterocycles. The van der Waals surface area contributed by atoms with E-state index in [4.69, 9.17) is 9.84 Å². The van der Waals surface area contributed by atoms with Gasteiger partial charge >= 0.3 is 6.03 Å². The van der Waals surface area contributed by atoms with E-state index >= 15 is 0 Å². The SMILES string of the molecule is COc1ccc(C)cc1NC(=O)N(C)C(C)CO. The Labute approximate surface area is 107 Å². The fourth-order valence-corrected chi connectivity index (χ4v) is 1.45. The molecule has 100 valence electrons. The van der Waals surface area contributed by atoms with Crippen LogP contribution in [0.3, 0.4) is 0 Å². The fourth-order valence-electron chi connectivity index (χ4n) is 1.45. The molecule has 2 amide bonds. The quantitative estimate of drug-likeness (QED) is 0.859. The standard InChI is InChI=1S/C13H20N2O3/c1-9-5-6-12(18-4)11(7-9)14-13(17)15(3)10(2)8-16/h5-7,10,16H,8H2,1-4H3,(H,14,17). The summed E-state index contributed by atoms with van der Waals surface area (Å²) in [4.78, 5) is 13.4. The molecule has 1 atom stereocenters. The van der Waals surface area contributed by atoms with E-state index in [9.17, 15) is 4.79 Å². The van der Waals surface area contributed by atoms with E-state index in [1.807, 2.05) is 19.1 Å². The number of nitrogens with zero attached hydrogens (tertiary/aromatic N) is 1. The molecule has 5 nitrogen and oxygen atoms in total. The van der Waals surface area contributed by atoms with Crippen molar-refractivity contribution in [2.75, 3.05) is 26.1 Å². The van der Waals surface area contributed by atoms with Crippen LogP contribution in [0, 0.1) is 6.92 Å². The molecule has 18 heavy (non-hydrogen) atoms. The van der Waals surface area contributed by atoms with E-state index in [0.29, 0.717) is 11.4 Å². The zero-order chi connectivity index (χ0) is 13.7. The molecule has 5 heteroatoms. The molecule has 0 saturated heterocycles. The highest BCUT2D eigenvalue weighted by Gasteiger charge is 2.16. The summed E-state index contributed by atoms with van der Waals surface area (Å²) in [7, 11) is 3.19. The van der Waals surface area contributed by atoms with Crippen molar-refractivity contribution in [3.05, 3.63) is 23.8 Å². The lowest BCUT2D eigenvalue weighted by Crippen LogP contribution is -2.40. The molecule has 1 rings (SSSR count). The summed E-state index contributed by atoms with van der Waals surface area (Å²) in [5.74, 6) is 0.610. The van der Waals surface area contributed by atoms with Crippen LogP contribution in [0.5, 0.6) is 5.75 Å². The van der Waals surface area contributed by atoms with Gasteiger partial charge in [0.05, 0.1) is 25.4 Å². The van der Waals surface area contributed by atoms with Crippen LogP contribution in [0.15, 0.2) is 18.2 Å². The smallest absolute Gasteiger partial charge is 0.322 e. The number of nitrogens with one attached hydrogen (secondary N) is 1. The van der Waals surface area contributed by atoms with Crippen LogP contribution in [0.4, 0.5) is 10.5 Å². The van der Waals surface area contributed by atoms with Gasteiger partial charge in [-0.3, -0.25) is 0 Å². The zero-order valence-corrected chi connectivity index (χ0v) is 11.2. The van der Waals surface area contributed by atoms with Gasteiger partial charge in [-0.1, -0.05) is 6.07 Å². The summed E-state index contributed by atoms with van der Waals surface area (Å²) in [5.41, 5.74) is 1.66. The minimum absolute atomic E-state index is 0.0745. The maximum Gasteiger partial charge on any atom is 0.322 e. The van der Waals surface area contributed by atoms with Crippen molar-refractivity contribution in [3.63, 3.8) is 0 Å². The van der Waals surface area contributed by atoms with Gasteiger partial charge in [0.25, 0.3) is 0 Å². The van der Waals surface area contributed by atoms with Crippen LogP contribution in [0.25, 0.3) is 0 Å². The molecule has 0 saturated carbocycles. The van der Waals surface area contributed by atoms with Crippen molar-refractivity contribution in [3.8, 4) is 5.75 Å². The Morgan fingerprint density at radius 2 is 2.22 bits per heavy atom. The molecule has 1 aromatic carbocycles. The average molecular weight is 252 g/mol. The number of benzene rings is 1. The lowest BCUT2D eigenvalue weighted by atomic mass is 10.2. The summed E-state index contributed by atoms with van der Waals surface area (Å²) in [5, 5.41) is 11.8. The third kappa shape index (κ3) is 3.37. The Bertz CT molecular complexity index is 421. The summed E-state index contributed by atoms with van der Waals surface area (Å²) in [6.07, 6.45) is 0. The van der Waals surface area contributed by atoms with Gasteiger partial charge in [-0.25, -0.2) is 4.79 Å². The van der Waals surface area contributed by atoms with Gasteiger partial charge in [-0.2, -0.15) is 0 Å². The highest BCUT2D eigenvalue weighted by atomic mass is 16.5. The number of hydrogen-bond donors (Lipinski definition) is 2. The van der Waals surface area contributed by atoms with Gasteiger partial charge in [0.2, 0.25) is 0 Å². The lowest BCUT2D eigenvalue weighted by molar-refractivity contribution is 0.166. The third-order valence-corrected chi connectivity index (χ3v) is 2.84. The minimum atomic E-state index is -0.277. The van der Waals surface area contributed by atoms with Crippen LogP contribution in [0.2, 0.25) is 0 Å². The van der Waals surface area contributed by atoms with E-state index in [2.05, 4.69) is 5.32 Å². The van der Waals surface area contributed by atoms with Gasteiger partial charge in [0.15, 0.2) is 0 Å². The number of anilines is 1. The molecule has 0 bridgehead atoms. The van der Waals surface area contributed by atoms with Crippen molar-refractivity contribution >= 4 is 11.7 Å². The Hall–Kier alpha value is -1.75.